The van der Waals surface area contributed by atoms with E-state index in [4.69, 9.17) is 0 Å². The second-order valence-electron chi connectivity index (χ2n) is 5.76. The second-order valence-corrected chi connectivity index (χ2v) is 6.68. The molecule has 2 aliphatic rings. The fourth-order valence-corrected chi connectivity index (χ4v) is 3.75. The highest BCUT2D eigenvalue weighted by Gasteiger charge is 2.38. The number of carbonyl (C=O) groups is 1. The Morgan fingerprint density at radius 3 is 2.65 bits per heavy atom. The highest BCUT2D eigenvalue weighted by atomic mass is 79.9. The Labute approximate surface area is 128 Å². The standard InChI is InChI=1S/C15H20BrN3O/c1-18-8-2-4-13(18)14-5-3-9-19(14)15(20)12-7-6-11(16)10-17-12/h6-7,10,13-14H,2-5,8-9H2,1H3. The first-order valence-corrected chi connectivity index (χ1v) is 8.09. The van der Waals surface area contributed by atoms with Crippen molar-refractivity contribution in [1.29, 1.82) is 0 Å². The Balaban J connectivity index is 1.78. The molecular weight excluding hydrogens is 318 g/mol. The summed E-state index contributed by atoms with van der Waals surface area (Å²) in [5, 5.41) is 0. The highest BCUT2D eigenvalue weighted by molar-refractivity contribution is 9.10. The number of nitrogens with zero attached hydrogens (tertiary/aromatic N) is 3. The van der Waals surface area contributed by atoms with Crippen LogP contribution in [0.2, 0.25) is 0 Å². The van der Waals surface area contributed by atoms with Gasteiger partial charge in [-0.05, 0) is 67.3 Å². The van der Waals surface area contributed by atoms with Crippen molar-refractivity contribution in [3.8, 4) is 0 Å². The maximum absolute atomic E-state index is 12.7. The van der Waals surface area contributed by atoms with Crippen LogP contribution >= 0.6 is 15.9 Å². The SMILES string of the molecule is CN1CCCC1C1CCCN1C(=O)c1ccc(Br)cn1. The van der Waals surface area contributed by atoms with E-state index in [1.54, 1.807) is 12.3 Å². The molecule has 0 bridgehead atoms. The minimum Gasteiger partial charge on any atom is -0.333 e. The lowest BCUT2D eigenvalue weighted by atomic mass is 10.0. The number of likely N-dealkylation sites (N-methyl/N-ethyl adjacent to an activating group) is 1. The third-order valence-corrected chi connectivity index (χ3v) is 5.00. The molecule has 2 unspecified atom stereocenters. The van der Waals surface area contributed by atoms with Crippen LogP contribution in [0.1, 0.15) is 36.2 Å². The molecule has 2 atom stereocenters. The van der Waals surface area contributed by atoms with Crippen molar-refractivity contribution in [3.63, 3.8) is 0 Å². The van der Waals surface area contributed by atoms with E-state index in [-0.39, 0.29) is 5.91 Å². The molecule has 2 saturated heterocycles. The number of rotatable bonds is 2. The first kappa shape index (κ1) is 14.0. The van der Waals surface area contributed by atoms with Crippen LogP contribution in [0.3, 0.4) is 0 Å². The van der Waals surface area contributed by atoms with Crippen LogP contribution in [-0.2, 0) is 0 Å². The quantitative estimate of drug-likeness (QED) is 0.832. The van der Waals surface area contributed by atoms with Gasteiger partial charge in [-0.1, -0.05) is 0 Å². The van der Waals surface area contributed by atoms with Crippen LogP contribution in [0.25, 0.3) is 0 Å². The van der Waals surface area contributed by atoms with Gasteiger partial charge in [0.15, 0.2) is 0 Å². The van der Waals surface area contributed by atoms with E-state index < -0.39 is 0 Å². The lowest BCUT2D eigenvalue weighted by molar-refractivity contribution is 0.0658. The maximum Gasteiger partial charge on any atom is 0.272 e. The van der Waals surface area contributed by atoms with Gasteiger partial charge in [0.25, 0.3) is 5.91 Å². The van der Waals surface area contributed by atoms with E-state index in [1.165, 1.54) is 12.8 Å². The number of pyridine rings is 1. The molecule has 0 aromatic carbocycles. The fourth-order valence-electron chi connectivity index (χ4n) is 3.52. The van der Waals surface area contributed by atoms with E-state index >= 15 is 0 Å². The molecule has 3 heterocycles. The molecule has 3 rings (SSSR count). The summed E-state index contributed by atoms with van der Waals surface area (Å²) in [4.78, 5) is 21.4. The van der Waals surface area contributed by atoms with Gasteiger partial charge in [0, 0.05) is 29.3 Å². The van der Waals surface area contributed by atoms with Gasteiger partial charge in [-0.15, -0.1) is 0 Å². The van der Waals surface area contributed by atoms with Crippen LogP contribution in [0.5, 0.6) is 0 Å². The minimum absolute atomic E-state index is 0.0836. The van der Waals surface area contributed by atoms with Gasteiger partial charge in [-0.25, -0.2) is 4.98 Å². The second kappa shape index (κ2) is 5.82. The molecule has 0 aliphatic carbocycles. The van der Waals surface area contributed by atoms with E-state index in [1.807, 2.05) is 11.0 Å². The fraction of sp³-hybridized carbons (Fsp3) is 0.600. The summed E-state index contributed by atoms with van der Waals surface area (Å²) in [6.45, 7) is 2.02. The molecule has 2 aliphatic heterocycles. The number of likely N-dealkylation sites (tertiary alicyclic amines) is 2. The van der Waals surface area contributed by atoms with Crippen molar-refractivity contribution in [2.24, 2.45) is 0 Å². The zero-order chi connectivity index (χ0) is 14.1. The smallest absolute Gasteiger partial charge is 0.272 e. The largest absolute Gasteiger partial charge is 0.333 e. The lowest BCUT2D eigenvalue weighted by Crippen LogP contribution is -2.47. The number of amides is 1. The Kier molecular flexibility index (Phi) is 4.08. The molecule has 0 saturated carbocycles. The third-order valence-electron chi connectivity index (χ3n) is 4.53. The molecule has 0 spiro atoms. The number of halogens is 1. The van der Waals surface area contributed by atoms with Crippen molar-refractivity contribution in [2.45, 2.75) is 37.8 Å². The zero-order valence-corrected chi connectivity index (χ0v) is 13.3. The maximum atomic E-state index is 12.7. The van der Waals surface area contributed by atoms with Crippen molar-refractivity contribution >= 4 is 21.8 Å². The Morgan fingerprint density at radius 1 is 1.25 bits per heavy atom. The van der Waals surface area contributed by atoms with Crippen LogP contribution in [0.4, 0.5) is 0 Å². The molecular formula is C15H20BrN3O. The average molecular weight is 338 g/mol. The third kappa shape index (κ3) is 2.61. The molecule has 5 heteroatoms. The lowest BCUT2D eigenvalue weighted by Gasteiger charge is -2.33. The first-order valence-electron chi connectivity index (χ1n) is 7.29. The van der Waals surface area contributed by atoms with Gasteiger partial charge in [0.2, 0.25) is 0 Å². The number of aromatic nitrogens is 1. The first-order chi connectivity index (χ1) is 9.66. The summed E-state index contributed by atoms with van der Waals surface area (Å²) in [5.74, 6) is 0.0836. The van der Waals surface area contributed by atoms with Crippen LogP contribution in [0, 0.1) is 0 Å². The van der Waals surface area contributed by atoms with Crippen molar-refractivity contribution in [2.75, 3.05) is 20.1 Å². The van der Waals surface area contributed by atoms with Gasteiger partial charge in [-0.3, -0.25) is 4.79 Å². The molecule has 0 N–H and O–H groups in total. The number of hydrogen-bond donors (Lipinski definition) is 0. The molecule has 108 valence electrons. The molecule has 1 aromatic rings. The Morgan fingerprint density at radius 2 is 2.00 bits per heavy atom. The van der Waals surface area contributed by atoms with Gasteiger partial charge < -0.3 is 9.80 Å². The molecule has 0 radical (unpaired) electrons. The van der Waals surface area contributed by atoms with Crippen molar-refractivity contribution < 1.29 is 4.79 Å². The predicted octanol–water partition coefficient (Wildman–Crippen LogP) is 2.54. The summed E-state index contributed by atoms with van der Waals surface area (Å²) in [6, 6.07) is 4.57. The van der Waals surface area contributed by atoms with Gasteiger partial charge >= 0.3 is 0 Å². The zero-order valence-electron chi connectivity index (χ0n) is 11.8. The molecule has 2 fully saturated rings. The molecule has 1 amide bonds. The van der Waals surface area contributed by atoms with E-state index in [9.17, 15) is 4.79 Å². The van der Waals surface area contributed by atoms with E-state index in [2.05, 4.69) is 32.9 Å². The summed E-state index contributed by atoms with van der Waals surface area (Å²) in [6.07, 6.45) is 6.38. The average Bonchev–Trinajstić information content (AvgIpc) is 3.07. The highest BCUT2D eigenvalue weighted by Crippen LogP contribution is 2.29. The summed E-state index contributed by atoms with van der Waals surface area (Å²) in [5.41, 5.74) is 0.556. The Hall–Kier alpha value is -0.940. The van der Waals surface area contributed by atoms with Crippen LogP contribution in [-0.4, -0.2) is 52.9 Å². The normalized spacial score (nSPS) is 27.2. The summed E-state index contributed by atoms with van der Waals surface area (Å²) in [7, 11) is 2.18. The monoisotopic (exact) mass is 337 g/mol. The topological polar surface area (TPSA) is 36.4 Å². The molecule has 20 heavy (non-hydrogen) atoms. The number of carbonyl (C=O) groups excluding carboxylic acids is 1. The van der Waals surface area contributed by atoms with Crippen LogP contribution < -0.4 is 0 Å². The predicted molar refractivity (Wildman–Crippen MR) is 81.6 cm³/mol. The van der Waals surface area contributed by atoms with E-state index in [0.717, 1.165) is 30.4 Å². The van der Waals surface area contributed by atoms with Gasteiger partial charge in [-0.2, -0.15) is 0 Å². The number of hydrogen-bond acceptors (Lipinski definition) is 3. The van der Waals surface area contributed by atoms with Gasteiger partial charge in [0.05, 0.1) is 0 Å². The van der Waals surface area contributed by atoms with E-state index in [0.29, 0.717) is 17.8 Å². The Bertz CT molecular complexity index is 490. The van der Waals surface area contributed by atoms with Crippen molar-refractivity contribution in [3.05, 3.63) is 28.5 Å². The van der Waals surface area contributed by atoms with Crippen LogP contribution in [0.15, 0.2) is 22.8 Å². The minimum atomic E-state index is 0.0836. The van der Waals surface area contributed by atoms with Crippen molar-refractivity contribution in [1.82, 2.24) is 14.8 Å². The summed E-state index contributed by atoms with van der Waals surface area (Å²) < 4.78 is 0.905. The molecule has 4 nitrogen and oxygen atoms in total. The summed E-state index contributed by atoms with van der Waals surface area (Å²) >= 11 is 3.36. The van der Waals surface area contributed by atoms with Gasteiger partial charge in [0.1, 0.15) is 5.69 Å². The molecule has 1 aromatic heterocycles.